The molecule has 18 atom stereocenters. The van der Waals surface area contributed by atoms with Crippen LogP contribution in [0, 0.1) is 23.2 Å². The smallest absolute Gasteiger partial charge is 0.407 e. The summed E-state index contributed by atoms with van der Waals surface area (Å²) in [6, 6.07) is 0.00999. The number of ether oxygens (including phenoxy) is 13. The highest BCUT2D eigenvalue weighted by molar-refractivity contribution is 8.76. The number of aliphatic hydroxyl groups is 9. The Bertz CT molecular complexity index is 2860. The molecule has 0 aromatic rings. The molecule has 4 amide bonds. The molecule has 4 rings (SSSR count). The minimum Gasteiger partial charge on any atom is -0.466 e. The van der Waals surface area contributed by atoms with E-state index in [4.69, 9.17) is 61.6 Å². The third kappa shape index (κ3) is 48.3. The Morgan fingerprint density at radius 3 is 1.33 bits per heavy atom. The van der Waals surface area contributed by atoms with Crippen LogP contribution >= 0.6 is 21.6 Å². The Labute approximate surface area is 754 Å². The monoisotopic (exact) mass is 1840 g/mol. The predicted octanol–water partition coefficient (Wildman–Crippen LogP) is 6.72. The summed E-state index contributed by atoms with van der Waals surface area (Å²) in [5, 5.41) is 98.3. The number of methoxy groups -OCH3 is 2. The zero-order chi connectivity index (χ0) is 92.1. The number of ketones is 3. The number of hydrogen-bond donors (Lipinski definition) is 12. The van der Waals surface area contributed by atoms with Crippen LogP contribution in [-0.4, -0.2) is 334 Å². The second-order valence-electron chi connectivity index (χ2n) is 34.0. The maximum Gasteiger partial charge on any atom is 0.407 e. The molecule has 0 aliphatic carbocycles. The summed E-state index contributed by atoms with van der Waals surface area (Å²) in [6.07, 6.45) is 7.42. The van der Waals surface area contributed by atoms with E-state index in [1.807, 2.05) is 4.90 Å². The summed E-state index contributed by atoms with van der Waals surface area (Å²) in [5.74, 6) is -1.00. The van der Waals surface area contributed by atoms with Gasteiger partial charge in [0.25, 0.3) is 0 Å². The summed E-state index contributed by atoms with van der Waals surface area (Å²) in [7, 11) is 6.65. The lowest BCUT2D eigenvalue weighted by Crippen LogP contribution is -2.55. The minimum absolute atomic E-state index is 0.00906. The highest BCUT2D eigenvalue weighted by atomic mass is 33.1. The number of unbranched alkanes of at least 4 members (excludes halogenated alkanes) is 13. The first kappa shape index (κ1) is 114. The normalized spacial score (nSPS) is 24.8. The largest absolute Gasteiger partial charge is 0.466 e. The fourth-order valence-electron chi connectivity index (χ4n) is 15.9. The quantitative estimate of drug-likeness (QED) is 0.0130. The highest BCUT2D eigenvalue weighted by Gasteiger charge is 2.46. The van der Waals surface area contributed by atoms with Gasteiger partial charge in [0.15, 0.2) is 18.9 Å². The molecular formula is C89H158N4O31S2. The van der Waals surface area contributed by atoms with E-state index in [0.717, 1.165) is 95.0 Å². The van der Waals surface area contributed by atoms with Crippen LogP contribution in [0.3, 0.4) is 0 Å². The van der Waals surface area contributed by atoms with Crippen LogP contribution in [0.5, 0.6) is 0 Å². The van der Waals surface area contributed by atoms with Gasteiger partial charge in [0.1, 0.15) is 60.6 Å². The average molecular weight is 1840 g/mol. The van der Waals surface area contributed by atoms with Crippen LogP contribution in [0.25, 0.3) is 0 Å². The fraction of sp³-hybridized carbons (Fsp3) is 0.899. The number of amides is 4. The second-order valence-corrected chi connectivity index (χ2v) is 36.7. The van der Waals surface area contributed by atoms with E-state index in [1.165, 1.54) is 0 Å². The molecule has 4 fully saturated rings. The Hall–Kier alpha value is -4.43. The Morgan fingerprint density at radius 2 is 0.825 bits per heavy atom. The Balaban J connectivity index is 1.24. The third-order valence-electron chi connectivity index (χ3n) is 23.7. The first-order valence-corrected chi connectivity index (χ1v) is 49.0. The molecule has 37 heteroatoms. The van der Waals surface area contributed by atoms with Crippen LogP contribution in [-0.2, 0) is 99.9 Å². The van der Waals surface area contributed by atoms with Crippen molar-refractivity contribution in [2.75, 3.05) is 144 Å². The van der Waals surface area contributed by atoms with Gasteiger partial charge in [0.2, 0.25) is 17.7 Å². The topological polar surface area (TPSA) is 495 Å². The van der Waals surface area contributed by atoms with E-state index in [9.17, 15) is 89.1 Å². The van der Waals surface area contributed by atoms with E-state index in [-0.39, 0.29) is 144 Å². The molecule has 732 valence electrons. The van der Waals surface area contributed by atoms with Gasteiger partial charge in [-0.05, 0) is 121 Å². The fourth-order valence-corrected chi connectivity index (χ4v) is 17.8. The molecule has 0 aromatic carbocycles. The summed E-state index contributed by atoms with van der Waals surface area (Å²) >= 11 is 0. The van der Waals surface area contributed by atoms with Gasteiger partial charge < -0.3 is 128 Å². The standard InChI is InChI=1S/C89H158N4O31S2/c1-63-79(105)82(108)71(58-94)122-85(63)118-44-23-31-67(97)29-15-9-6-14-22-43-92-88(111)120-48-28-40-89(39-27-47-117-78(104)36-17-11-8-13-21-42-91-75(101)62-121-87-65(3)81(107)84(110)73(60-96)124-87,38-26-46-116-77(103)35-16-10-7-12-20-41-90-74(100)33-24-45-119-86-64(2)80(106)83(109)72(59-95)123-86)56-69(99)37-49-114-50-51-115-52-54-126-125-53-25-32-68(98)30-18-19-34-76(102)93-57-70(113-5)55-66(93)61-112-4/h63-66,70-73,79-87,94-96,105-110H,6-62H2,1-5H3,(H,90,100)(H,91,101)(H,92,111)/t63?,64?,65?,66-,70+,71?,72?,73?,79?,80?,81?,82?,83?,84?,85?,86?,87?,89?/m1/s1. The molecule has 4 heterocycles. The molecular weight excluding hydrogens is 1690 g/mol. The Kier molecular flexibility index (Phi) is 62.8. The van der Waals surface area contributed by atoms with Gasteiger partial charge in [-0.2, -0.15) is 0 Å². The van der Waals surface area contributed by atoms with Crippen molar-refractivity contribution in [1.29, 1.82) is 0 Å². The summed E-state index contributed by atoms with van der Waals surface area (Å²) < 4.78 is 73.5. The van der Waals surface area contributed by atoms with Crippen LogP contribution in [0.15, 0.2) is 0 Å². The molecule has 35 nitrogen and oxygen atoms in total. The molecule has 0 spiro atoms. The molecule has 0 bridgehead atoms. The summed E-state index contributed by atoms with van der Waals surface area (Å²) in [5.41, 5.74) is -0.679. The Morgan fingerprint density at radius 1 is 0.405 bits per heavy atom. The highest BCUT2D eigenvalue weighted by Crippen LogP contribution is 2.40. The van der Waals surface area contributed by atoms with Gasteiger partial charge in [-0.25, -0.2) is 4.79 Å². The van der Waals surface area contributed by atoms with Gasteiger partial charge in [0, 0.05) is 134 Å². The zero-order valence-corrected chi connectivity index (χ0v) is 77.5. The van der Waals surface area contributed by atoms with Crippen molar-refractivity contribution in [3.05, 3.63) is 0 Å². The first-order chi connectivity index (χ1) is 60.8. The van der Waals surface area contributed by atoms with Gasteiger partial charge in [0.05, 0.1) is 116 Å². The van der Waals surface area contributed by atoms with Crippen molar-refractivity contribution >= 4 is 74.7 Å². The number of nitrogens with one attached hydrogen (secondary N) is 3. The van der Waals surface area contributed by atoms with E-state index >= 15 is 0 Å². The van der Waals surface area contributed by atoms with Crippen molar-refractivity contribution in [2.45, 2.75) is 344 Å². The number of Topliss-reactive ketones (excluding diaryl/α,β-unsaturated/α-hetero) is 3. The lowest BCUT2D eigenvalue weighted by atomic mass is 9.71. The molecule has 4 aliphatic heterocycles. The molecule has 4 aliphatic rings. The number of carbonyl (C=O) groups is 9. The minimum atomic E-state index is -1.28. The molecule has 0 saturated carbocycles. The molecule has 4 saturated heterocycles. The van der Waals surface area contributed by atoms with Crippen molar-refractivity contribution < 1.29 is 151 Å². The van der Waals surface area contributed by atoms with Crippen molar-refractivity contribution in [2.24, 2.45) is 23.2 Å². The van der Waals surface area contributed by atoms with E-state index in [2.05, 4.69) is 16.0 Å². The number of rotatable bonds is 76. The van der Waals surface area contributed by atoms with E-state index in [1.54, 1.807) is 56.6 Å². The van der Waals surface area contributed by atoms with Crippen LogP contribution in [0.4, 0.5) is 4.79 Å². The van der Waals surface area contributed by atoms with Crippen LogP contribution in [0.1, 0.15) is 258 Å². The van der Waals surface area contributed by atoms with Crippen molar-refractivity contribution in [3.8, 4) is 0 Å². The van der Waals surface area contributed by atoms with Crippen molar-refractivity contribution in [3.63, 3.8) is 0 Å². The average Bonchev–Trinajstić information content (AvgIpc) is 1.18. The van der Waals surface area contributed by atoms with Gasteiger partial charge in [-0.1, -0.05) is 100 Å². The lowest BCUT2D eigenvalue weighted by Gasteiger charge is -2.40. The number of alkyl carbamates (subject to hydrolysis) is 1. The number of nitrogens with zero attached hydrogens (tertiary/aromatic N) is 1. The predicted molar refractivity (Wildman–Crippen MR) is 469 cm³/mol. The van der Waals surface area contributed by atoms with Crippen LogP contribution in [0.2, 0.25) is 0 Å². The van der Waals surface area contributed by atoms with E-state index < -0.39 is 123 Å². The maximum atomic E-state index is 14.2. The molecule has 0 radical (unpaired) electrons. The molecule has 12 N–H and O–H groups in total. The number of likely N-dealkylation sites (tertiary alicyclic amines) is 1. The van der Waals surface area contributed by atoms with Gasteiger partial charge in [-0.3, -0.25) is 38.4 Å². The molecule has 0 aromatic heterocycles. The summed E-state index contributed by atoms with van der Waals surface area (Å²) in [4.78, 5) is 119. The number of hydrogen-bond acceptors (Lipinski definition) is 33. The molecule has 16 unspecified atom stereocenters. The van der Waals surface area contributed by atoms with E-state index in [0.29, 0.717) is 168 Å². The first-order valence-electron chi connectivity index (χ1n) is 46.5. The second kappa shape index (κ2) is 69.4. The van der Waals surface area contributed by atoms with Crippen molar-refractivity contribution in [1.82, 2.24) is 20.9 Å². The van der Waals surface area contributed by atoms with Gasteiger partial charge >= 0.3 is 18.0 Å². The number of esters is 2. The number of carbonyl (C=O) groups excluding carboxylic acids is 9. The zero-order valence-electron chi connectivity index (χ0n) is 75.9. The number of aliphatic hydroxyl groups excluding tert-OH is 9. The third-order valence-corrected chi connectivity index (χ3v) is 26.1. The maximum absolute atomic E-state index is 14.2. The van der Waals surface area contributed by atoms with Gasteiger partial charge in [-0.15, -0.1) is 0 Å². The summed E-state index contributed by atoms with van der Waals surface area (Å²) in [6.45, 7) is 7.40. The van der Waals surface area contributed by atoms with Crippen LogP contribution < -0.4 is 16.0 Å². The SMILES string of the molecule is COC[C@H]1C[C@H](OC)CN1C(=O)CCCCC(=O)CCCSSCCOCCOCCC(=O)CC(CCCOC(=O)CCCCCCCNC(=O)CCCOC1OC(CO)C(O)C(O)C1C)(CCCOC(=O)CCCCCCCNC(=O)COC1OC(CO)C(O)C(O)C1C)CCCOC(=O)NCCCCCCCC(=O)CCCOC1OC(CO)C(O)C(O)C1C. The lowest BCUT2D eigenvalue weighted by molar-refractivity contribution is -0.282. The molecule has 126 heavy (non-hydrogen) atoms.